The van der Waals surface area contributed by atoms with Gasteiger partial charge in [-0.25, -0.2) is 0 Å². The molecule has 1 fully saturated rings. The van der Waals surface area contributed by atoms with Crippen LogP contribution in [0.2, 0.25) is 5.02 Å². The summed E-state index contributed by atoms with van der Waals surface area (Å²) in [6.45, 7) is 1.68. The number of amides is 1. The highest BCUT2D eigenvalue weighted by Gasteiger charge is 2.39. The minimum atomic E-state index is -4.54. The third-order valence-electron chi connectivity index (χ3n) is 3.50. The average Bonchev–Trinajstić information content (AvgIpc) is 2.38. The summed E-state index contributed by atoms with van der Waals surface area (Å²) in [6, 6.07) is 1.76. The summed E-state index contributed by atoms with van der Waals surface area (Å²) in [5, 5.41) is 5.24. The highest BCUT2D eigenvalue weighted by atomic mass is 35.5. The van der Waals surface area contributed by atoms with Gasteiger partial charge in [0.2, 0.25) is 5.91 Å². The van der Waals surface area contributed by atoms with Crippen molar-refractivity contribution >= 4 is 41.3 Å². The molecular weight excluding hydrogens is 330 g/mol. The van der Waals surface area contributed by atoms with E-state index in [9.17, 15) is 18.0 Å². The number of hydrogen-bond acceptors (Lipinski definition) is 3. The molecule has 4 nitrogen and oxygen atoms in total. The maximum Gasteiger partial charge on any atom is 0.417 e. The van der Waals surface area contributed by atoms with Gasteiger partial charge >= 0.3 is 6.18 Å². The SMILES string of the molecule is Cl.O=C1Nc2cc(C(F)(F)F)c(Cl)cc2N2CCNCC12. The Morgan fingerprint density at radius 3 is 2.71 bits per heavy atom. The van der Waals surface area contributed by atoms with Crippen LogP contribution in [0.25, 0.3) is 0 Å². The van der Waals surface area contributed by atoms with Crippen LogP contribution in [-0.4, -0.2) is 31.6 Å². The quantitative estimate of drug-likeness (QED) is 0.762. The number of anilines is 2. The van der Waals surface area contributed by atoms with Crippen molar-refractivity contribution in [3.8, 4) is 0 Å². The number of nitrogens with zero attached hydrogens (tertiary/aromatic N) is 1. The van der Waals surface area contributed by atoms with Gasteiger partial charge in [0, 0.05) is 19.6 Å². The first-order chi connectivity index (χ1) is 9.38. The Morgan fingerprint density at radius 1 is 1.33 bits per heavy atom. The summed E-state index contributed by atoms with van der Waals surface area (Å²) >= 11 is 5.74. The number of fused-ring (bicyclic) bond motifs is 3. The summed E-state index contributed by atoms with van der Waals surface area (Å²) < 4.78 is 38.5. The molecule has 1 saturated heterocycles. The zero-order valence-electron chi connectivity index (χ0n) is 10.6. The number of nitrogens with one attached hydrogen (secondary N) is 2. The van der Waals surface area contributed by atoms with E-state index in [-0.39, 0.29) is 29.0 Å². The number of carbonyl (C=O) groups excluding carboxylic acids is 1. The fourth-order valence-corrected chi connectivity index (χ4v) is 2.83. The van der Waals surface area contributed by atoms with Crippen molar-refractivity contribution < 1.29 is 18.0 Å². The van der Waals surface area contributed by atoms with Gasteiger partial charge in [0.15, 0.2) is 0 Å². The molecule has 1 amide bonds. The van der Waals surface area contributed by atoms with Crippen molar-refractivity contribution in [3.05, 3.63) is 22.7 Å². The second-order valence-electron chi connectivity index (χ2n) is 4.75. The summed E-state index contributed by atoms with van der Waals surface area (Å²) in [6.07, 6.45) is -4.54. The van der Waals surface area contributed by atoms with Crippen LogP contribution in [0, 0.1) is 0 Å². The first kappa shape index (κ1) is 16.2. The van der Waals surface area contributed by atoms with Crippen LogP contribution < -0.4 is 15.5 Å². The molecule has 2 heterocycles. The molecule has 0 spiro atoms. The summed E-state index contributed by atoms with van der Waals surface area (Å²) in [5.41, 5.74) is -0.245. The predicted molar refractivity (Wildman–Crippen MR) is 76.3 cm³/mol. The van der Waals surface area contributed by atoms with E-state index in [0.717, 1.165) is 6.07 Å². The Morgan fingerprint density at radius 2 is 2.05 bits per heavy atom. The highest BCUT2D eigenvalue weighted by Crippen LogP contribution is 2.42. The number of benzene rings is 1. The van der Waals surface area contributed by atoms with Crippen LogP contribution in [-0.2, 0) is 11.0 Å². The molecule has 0 aromatic heterocycles. The van der Waals surface area contributed by atoms with Gasteiger partial charge in [-0.05, 0) is 12.1 Å². The highest BCUT2D eigenvalue weighted by molar-refractivity contribution is 6.32. The third kappa shape index (κ3) is 2.77. The number of halogens is 5. The second kappa shape index (κ2) is 5.55. The molecular formula is C12H12Cl2F3N3O. The zero-order chi connectivity index (χ0) is 14.5. The average molecular weight is 342 g/mol. The molecule has 1 aromatic carbocycles. The molecule has 0 bridgehead atoms. The van der Waals surface area contributed by atoms with Crippen LogP contribution in [0.3, 0.4) is 0 Å². The first-order valence-corrected chi connectivity index (χ1v) is 6.44. The van der Waals surface area contributed by atoms with Gasteiger partial charge in [0.05, 0.1) is 22.0 Å². The van der Waals surface area contributed by atoms with Gasteiger partial charge in [0.25, 0.3) is 0 Å². The lowest BCUT2D eigenvalue weighted by Crippen LogP contribution is -2.58. The zero-order valence-corrected chi connectivity index (χ0v) is 12.2. The predicted octanol–water partition coefficient (Wildman–Crippen LogP) is 2.51. The molecule has 2 aliphatic rings. The van der Waals surface area contributed by atoms with Crippen molar-refractivity contribution in [3.63, 3.8) is 0 Å². The minimum Gasteiger partial charge on any atom is -0.355 e. The molecule has 2 aliphatic heterocycles. The number of piperazine rings is 1. The van der Waals surface area contributed by atoms with Crippen molar-refractivity contribution in [2.45, 2.75) is 12.2 Å². The van der Waals surface area contributed by atoms with Crippen molar-refractivity contribution in [2.24, 2.45) is 0 Å². The van der Waals surface area contributed by atoms with Crippen LogP contribution in [0.5, 0.6) is 0 Å². The van der Waals surface area contributed by atoms with Gasteiger partial charge in [-0.3, -0.25) is 4.79 Å². The van der Waals surface area contributed by atoms with E-state index >= 15 is 0 Å². The lowest BCUT2D eigenvalue weighted by Gasteiger charge is -2.41. The Bertz CT molecular complexity index is 580. The van der Waals surface area contributed by atoms with Gasteiger partial charge in [-0.1, -0.05) is 11.6 Å². The molecule has 1 aromatic rings. The van der Waals surface area contributed by atoms with Gasteiger partial charge in [0.1, 0.15) is 6.04 Å². The van der Waals surface area contributed by atoms with Gasteiger partial charge in [-0.2, -0.15) is 13.2 Å². The lowest BCUT2D eigenvalue weighted by molar-refractivity contribution is -0.137. The molecule has 0 saturated carbocycles. The Balaban J connectivity index is 0.00000161. The monoisotopic (exact) mass is 341 g/mol. The van der Waals surface area contributed by atoms with Crippen molar-refractivity contribution in [1.29, 1.82) is 0 Å². The summed E-state index contributed by atoms with van der Waals surface area (Å²) in [5.74, 6) is -0.305. The molecule has 0 radical (unpaired) electrons. The molecule has 0 aliphatic carbocycles. The van der Waals surface area contributed by atoms with Crippen LogP contribution in [0.15, 0.2) is 12.1 Å². The van der Waals surface area contributed by atoms with E-state index in [2.05, 4.69) is 10.6 Å². The Hall–Kier alpha value is -1.18. The van der Waals surface area contributed by atoms with E-state index < -0.39 is 17.8 Å². The lowest BCUT2D eigenvalue weighted by atomic mass is 10.0. The number of carbonyl (C=O) groups is 1. The molecule has 2 N–H and O–H groups in total. The Labute approximate surface area is 130 Å². The normalized spacial score (nSPS) is 21.0. The van der Waals surface area contributed by atoms with Gasteiger partial charge in [-0.15, -0.1) is 12.4 Å². The molecule has 21 heavy (non-hydrogen) atoms. The summed E-state index contributed by atoms with van der Waals surface area (Å²) in [7, 11) is 0. The Kier molecular flexibility index (Phi) is 4.28. The third-order valence-corrected chi connectivity index (χ3v) is 3.82. The standard InChI is InChI=1S/C12H11ClF3N3O.ClH/c13-7-4-9-8(3-6(7)12(14,15)16)18-11(20)10-5-17-1-2-19(9)10;/h3-4,10,17H,1-2,5H2,(H,18,20);1H. The van der Waals surface area contributed by atoms with Crippen molar-refractivity contribution in [1.82, 2.24) is 5.32 Å². The fraction of sp³-hybridized carbons (Fsp3) is 0.417. The molecule has 3 rings (SSSR count). The van der Waals surface area contributed by atoms with Crippen LogP contribution >= 0.6 is 24.0 Å². The van der Waals surface area contributed by atoms with E-state index in [1.165, 1.54) is 6.07 Å². The largest absolute Gasteiger partial charge is 0.417 e. The molecule has 9 heteroatoms. The smallest absolute Gasteiger partial charge is 0.355 e. The second-order valence-corrected chi connectivity index (χ2v) is 5.16. The van der Waals surface area contributed by atoms with E-state index in [4.69, 9.17) is 11.6 Å². The van der Waals surface area contributed by atoms with Crippen LogP contribution in [0.1, 0.15) is 5.56 Å². The van der Waals surface area contributed by atoms with E-state index in [0.29, 0.717) is 25.3 Å². The number of hydrogen-bond donors (Lipinski definition) is 2. The van der Waals surface area contributed by atoms with Crippen LogP contribution in [0.4, 0.5) is 24.5 Å². The topological polar surface area (TPSA) is 44.4 Å². The molecule has 1 atom stereocenters. The molecule has 116 valence electrons. The maximum atomic E-state index is 12.8. The van der Waals surface area contributed by atoms with E-state index in [1.54, 1.807) is 4.90 Å². The summed E-state index contributed by atoms with van der Waals surface area (Å²) in [4.78, 5) is 13.7. The molecule has 1 unspecified atom stereocenters. The maximum absolute atomic E-state index is 12.8. The van der Waals surface area contributed by atoms with E-state index in [1.807, 2.05) is 0 Å². The van der Waals surface area contributed by atoms with Gasteiger partial charge < -0.3 is 15.5 Å². The minimum absolute atomic E-state index is 0. The number of alkyl halides is 3. The number of rotatable bonds is 0. The first-order valence-electron chi connectivity index (χ1n) is 6.07. The fourth-order valence-electron chi connectivity index (χ4n) is 2.56. The van der Waals surface area contributed by atoms with Crippen molar-refractivity contribution in [2.75, 3.05) is 29.9 Å².